The minimum atomic E-state index is -4.46. The number of Topliss-reactive ketones (excluding diaryl/α,β-unsaturated/α-hetero) is 1. The Bertz CT molecular complexity index is 823. The van der Waals surface area contributed by atoms with Gasteiger partial charge in [-0.05, 0) is 30.7 Å². The molecule has 150 valence electrons. The molecule has 1 N–H and O–H groups in total. The summed E-state index contributed by atoms with van der Waals surface area (Å²) in [6.45, 7) is 2.10. The van der Waals surface area contributed by atoms with Crippen molar-refractivity contribution in [3.63, 3.8) is 0 Å². The van der Waals surface area contributed by atoms with Crippen LogP contribution < -0.4 is 10.1 Å². The number of nitrogens with one attached hydrogen (secondary N) is 1. The van der Waals surface area contributed by atoms with Crippen molar-refractivity contribution < 1.29 is 27.5 Å². The lowest BCUT2D eigenvalue weighted by atomic mass is 10.1. The van der Waals surface area contributed by atoms with E-state index >= 15 is 0 Å². The van der Waals surface area contributed by atoms with E-state index in [4.69, 9.17) is 0 Å². The monoisotopic (exact) mass is 395 g/mol. The maximum atomic E-state index is 12.3. The maximum Gasteiger partial charge on any atom is 0.422 e. The summed E-state index contributed by atoms with van der Waals surface area (Å²) in [5, 5.41) is 2.77. The summed E-state index contributed by atoms with van der Waals surface area (Å²) in [5.41, 5.74) is 1.58. The van der Waals surface area contributed by atoms with Crippen LogP contribution in [0.5, 0.6) is 5.88 Å². The van der Waals surface area contributed by atoms with Gasteiger partial charge in [0.05, 0.1) is 11.6 Å². The van der Waals surface area contributed by atoms with Gasteiger partial charge in [-0.2, -0.15) is 13.2 Å². The molecule has 0 aromatic carbocycles. The summed E-state index contributed by atoms with van der Waals surface area (Å²) < 4.78 is 40.9. The predicted octanol–water partition coefficient (Wildman–Crippen LogP) is 3.43. The Morgan fingerprint density at radius 3 is 2.57 bits per heavy atom. The summed E-state index contributed by atoms with van der Waals surface area (Å²) >= 11 is 0. The fourth-order valence-corrected chi connectivity index (χ4v) is 2.31. The van der Waals surface area contributed by atoms with E-state index < -0.39 is 18.7 Å². The maximum absolute atomic E-state index is 12.3. The molecule has 0 radical (unpaired) electrons. The first-order chi connectivity index (χ1) is 13.2. The number of ether oxygens (including phenoxy) is 1. The van der Waals surface area contributed by atoms with E-state index in [2.05, 4.69) is 20.0 Å². The molecule has 0 aliphatic carbocycles. The van der Waals surface area contributed by atoms with Crippen molar-refractivity contribution in [2.45, 2.75) is 38.9 Å². The summed E-state index contributed by atoms with van der Waals surface area (Å²) in [4.78, 5) is 31.8. The Kier molecular flexibility index (Phi) is 7.08. The van der Waals surface area contributed by atoms with Gasteiger partial charge in [-0.25, -0.2) is 4.98 Å². The van der Waals surface area contributed by atoms with Crippen molar-refractivity contribution in [2.24, 2.45) is 0 Å². The lowest BCUT2D eigenvalue weighted by Crippen LogP contribution is -2.27. The van der Waals surface area contributed by atoms with Gasteiger partial charge in [0.1, 0.15) is 5.78 Å². The highest BCUT2D eigenvalue weighted by atomic mass is 19.4. The first kappa shape index (κ1) is 21.3. The SMILES string of the molecule is CCC(=O)Cc1cc(C(C)NC(=O)c2ccc(OCC(F)(F)F)nc2)ccn1. The van der Waals surface area contributed by atoms with E-state index in [1.165, 1.54) is 12.1 Å². The number of carbonyl (C=O) groups excluding carboxylic acids is 2. The van der Waals surface area contributed by atoms with Crippen molar-refractivity contribution in [3.05, 3.63) is 53.5 Å². The lowest BCUT2D eigenvalue weighted by molar-refractivity contribution is -0.154. The highest BCUT2D eigenvalue weighted by Gasteiger charge is 2.28. The van der Waals surface area contributed by atoms with Gasteiger partial charge in [0.2, 0.25) is 5.88 Å². The molecule has 1 amide bonds. The highest BCUT2D eigenvalue weighted by Crippen LogP contribution is 2.18. The quantitative estimate of drug-likeness (QED) is 0.741. The molecule has 0 saturated carbocycles. The van der Waals surface area contributed by atoms with Crippen molar-refractivity contribution in [1.29, 1.82) is 0 Å². The molecule has 0 fully saturated rings. The summed E-state index contributed by atoms with van der Waals surface area (Å²) in [6.07, 6.45) is -1.09. The van der Waals surface area contributed by atoms with E-state index in [1.807, 2.05) is 0 Å². The smallest absolute Gasteiger partial charge is 0.422 e. The van der Waals surface area contributed by atoms with Gasteiger partial charge in [0.25, 0.3) is 5.91 Å². The normalized spacial score (nSPS) is 12.3. The zero-order valence-corrected chi connectivity index (χ0v) is 15.4. The van der Waals surface area contributed by atoms with Crippen LogP contribution in [0.25, 0.3) is 0 Å². The standard InChI is InChI=1S/C19H20F3N3O3/c1-3-16(26)9-15-8-13(6-7-23-15)12(2)25-18(27)14-4-5-17(24-10-14)28-11-19(20,21)22/h4-8,10,12H,3,9,11H2,1-2H3,(H,25,27). The van der Waals surface area contributed by atoms with Crippen LogP contribution in [-0.2, 0) is 11.2 Å². The molecular weight excluding hydrogens is 375 g/mol. The Balaban J connectivity index is 1.98. The lowest BCUT2D eigenvalue weighted by Gasteiger charge is -2.15. The van der Waals surface area contributed by atoms with Crippen molar-refractivity contribution in [3.8, 4) is 5.88 Å². The second-order valence-corrected chi connectivity index (χ2v) is 6.13. The number of carbonyl (C=O) groups is 2. The largest absolute Gasteiger partial charge is 0.468 e. The Morgan fingerprint density at radius 1 is 1.21 bits per heavy atom. The molecule has 28 heavy (non-hydrogen) atoms. The number of hydrogen-bond donors (Lipinski definition) is 1. The third kappa shape index (κ3) is 6.64. The van der Waals surface area contributed by atoms with Gasteiger partial charge in [-0.3, -0.25) is 14.6 Å². The molecule has 0 spiro atoms. The van der Waals surface area contributed by atoms with E-state index in [-0.39, 0.29) is 29.7 Å². The predicted molar refractivity (Wildman–Crippen MR) is 94.9 cm³/mol. The van der Waals surface area contributed by atoms with Gasteiger partial charge < -0.3 is 10.1 Å². The topological polar surface area (TPSA) is 81.2 Å². The molecule has 0 bridgehead atoms. The van der Waals surface area contributed by atoms with Gasteiger partial charge in [-0.1, -0.05) is 6.92 Å². The molecule has 9 heteroatoms. The molecule has 2 aromatic rings. The molecule has 0 aliphatic rings. The van der Waals surface area contributed by atoms with Crippen LogP contribution in [-0.4, -0.2) is 34.4 Å². The van der Waals surface area contributed by atoms with Crippen LogP contribution in [0, 0.1) is 0 Å². The number of hydrogen-bond acceptors (Lipinski definition) is 5. The number of amides is 1. The van der Waals surface area contributed by atoms with E-state index in [0.29, 0.717) is 12.1 Å². The average Bonchev–Trinajstić information content (AvgIpc) is 2.66. The number of ketones is 1. The Hall–Kier alpha value is -2.97. The first-order valence-corrected chi connectivity index (χ1v) is 8.61. The number of alkyl halides is 3. The van der Waals surface area contributed by atoms with Gasteiger partial charge in [0, 0.05) is 37.0 Å². The molecule has 2 rings (SSSR count). The van der Waals surface area contributed by atoms with Crippen LogP contribution in [0.15, 0.2) is 36.7 Å². The fraction of sp³-hybridized carbons (Fsp3) is 0.368. The van der Waals surface area contributed by atoms with E-state index in [9.17, 15) is 22.8 Å². The molecule has 1 atom stereocenters. The van der Waals surface area contributed by atoms with Crippen LogP contribution in [0.1, 0.15) is 47.9 Å². The molecule has 1 unspecified atom stereocenters. The minimum Gasteiger partial charge on any atom is -0.468 e. The summed E-state index contributed by atoms with van der Waals surface area (Å²) in [5.74, 6) is -0.591. The van der Waals surface area contributed by atoms with Crippen molar-refractivity contribution >= 4 is 11.7 Å². The number of aromatic nitrogens is 2. The molecule has 0 aliphatic heterocycles. The zero-order chi connectivity index (χ0) is 20.7. The molecule has 2 aromatic heterocycles. The van der Waals surface area contributed by atoms with E-state index in [0.717, 1.165) is 11.8 Å². The fourth-order valence-electron chi connectivity index (χ4n) is 2.31. The Morgan fingerprint density at radius 2 is 1.96 bits per heavy atom. The molecular formula is C19H20F3N3O3. The van der Waals surface area contributed by atoms with Crippen LogP contribution in [0.4, 0.5) is 13.2 Å². The van der Waals surface area contributed by atoms with Gasteiger partial charge in [-0.15, -0.1) is 0 Å². The molecule has 2 heterocycles. The van der Waals surface area contributed by atoms with Gasteiger partial charge in [0.15, 0.2) is 6.61 Å². The second-order valence-electron chi connectivity index (χ2n) is 6.13. The second kappa shape index (κ2) is 9.29. The average molecular weight is 395 g/mol. The highest BCUT2D eigenvalue weighted by molar-refractivity contribution is 5.94. The van der Waals surface area contributed by atoms with Crippen molar-refractivity contribution in [1.82, 2.24) is 15.3 Å². The molecule has 0 saturated heterocycles. The number of halogens is 3. The number of rotatable bonds is 8. The Labute approximate surface area is 160 Å². The summed E-state index contributed by atoms with van der Waals surface area (Å²) in [6, 6.07) is 5.65. The summed E-state index contributed by atoms with van der Waals surface area (Å²) in [7, 11) is 0. The zero-order valence-electron chi connectivity index (χ0n) is 15.4. The molecule has 6 nitrogen and oxygen atoms in total. The third-order valence-electron chi connectivity index (χ3n) is 3.84. The van der Waals surface area contributed by atoms with Gasteiger partial charge >= 0.3 is 6.18 Å². The van der Waals surface area contributed by atoms with Crippen LogP contribution in [0.2, 0.25) is 0 Å². The first-order valence-electron chi connectivity index (χ1n) is 8.61. The minimum absolute atomic E-state index is 0.0697. The third-order valence-corrected chi connectivity index (χ3v) is 3.84. The van der Waals surface area contributed by atoms with E-state index in [1.54, 1.807) is 32.2 Å². The van der Waals surface area contributed by atoms with Crippen LogP contribution >= 0.6 is 0 Å². The number of pyridine rings is 2. The van der Waals surface area contributed by atoms with Crippen molar-refractivity contribution in [2.75, 3.05) is 6.61 Å². The number of nitrogens with zero attached hydrogens (tertiary/aromatic N) is 2. The van der Waals surface area contributed by atoms with Crippen LogP contribution in [0.3, 0.4) is 0 Å².